The fraction of sp³-hybridized carbons (Fsp3) is 0.0625. The monoisotopic (exact) mass is 369 g/mol. The Morgan fingerprint density at radius 2 is 1.27 bits per heavy atom. The molecule has 1 heterocycles. The van der Waals surface area contributed by atoms with E-state index in [9.17, 15) is 5.11 Å². The van der Waals surface area contributed by atoms with E-state index in [0.717, 1.165) is 0 Å². The van der Waals surface area contributed by atoms with E-state index in [4.69, 9.17) is 34.8 Å². The first-order valence-corrected chi connectivity index (χ1v) is 8.31. The van der Waals surface area contributed by atoms with E-state index in [1.807, 2.05) is 0 Å². The second-order valence-corrected chi connectivity index (χ2v) is 7.19. The van der Waals surface area contributed by atoms with Gasteiger partial charge < -0.3 is 5.11 Å². The minimum absolute atomic E-state index is 0.372. The Labute approximate surface area is 146 Å². The van der Waals surface area contributed by atoms with Crippen molar-refractivity contribution >= 4 is 46.1 Å². The van der Waals surface area contributed by atoms with Crippen LogP contribution in [-0.2, 0) is 5.60 Å². The van der Waals surface area contributed by atoms with Gasteiger partial charge in [0.2, 0.25) is 0 Å². The van der Waals surface area contributed by atoms with Crippen molar-refractivity contribution in [3.8, 4) is 0 Å². The molecule has 0 spiro atoms. The van der Waals surface area contributed by atoms with Crippen molar-refractivity contribution in [3.63, 3.8) is 0 Å². The van der Waals surface area contributed by atoms with Crippen LogP contribution >= 0.6 is 46.1 Å². The molecular formula is C16H10Cl3NOS. The van der Waals surface area contributed by atoms with Gasteiger partial charge in [-0.1, -0.05) is 59.1 Å². The van der Waals surface area contributed by atoms with Crippen molar-refractivity contribution in [2.75, 3.05) is 0 Å². The Morgan fingerprint density at radius 1 is 0.818 bits per heavy atom. The van der Waals surface area contributed by atoms with Crippen molar-refractivity contribution in [3.05, 3.63) is 85.2 Å². The average Bonchev–Trinajstić information content (AvgIpc) is 2.95. The Hall–Kier alpha value is -1.10. The van der Waals surface area contributed by atoms with E-state index in [2.05, 4.69) is 4.98 Å². The molecule has 0 saturated carbocycles. The Balaban J connectivity index is 2.21. The van der Waals surface area contributed by atoms with Crippen LogP contribution in [0.15, 0.2) is 54.7 Å². The Kier molecular flexibility index (Phi) is 4.44. The molecule has 112 valence electrons. The minimum atomic E-state index is -1.36. The Morgan fingerprint density at radius 3 is 1.64 bits per heavy atom. The molecule has 0 aliphatic rings. The molecule has 0 atom stereocenters. The van der Waals surface area contributed by atoms with E-state index in [-0.39, 0.29) is 0 Å². The van der Waals surface area contributed by atoms with Gasteiger partial charge in [-0.25, -0.2) is 4.98 Å². The molecule has 22 heavy (non-hydrogen) atoms. The number of hydrogen-bond donors (Lipinski definition) is 1. The molecule has 3 aromatic rings. The molecule has 3 rings (SSSR count). The summed E-state index contributed by atoms with van der Waals surface area (Å²) in [6, 6.07) is 14.1. The highest BCUT2D eigenvalue weighted by Gasteiger charge is 2.35. The van der Waals surface area contributed by atoms with Gasteiger partial charge in [0, 0.05) is 16.2 Å². The van der Waals surface area contributed by atoms with Crippen LogP contribution in [0.2, 0.25) is 14.5 Å². The maximum Gasteiger partial charge on any atom is 0.183 e. The van der Waals surface area contributed by atoms with Crippen LogP contribution in [0.4, 0.5) is 0 Å². The normalized spacial score (nSPS) is 11.6. The molecule has 0 aliphatic heterocycles. The van der Waals surface area contributed by atoms with Gasteiger partial charge >= 0.3 is 0 Å². The van der Waals surface area contributed by atoms with Crippen molar-refractivity contribution in [2.24, 2.45) is 0 Å². The summed E-state index contributed by atoms with van der Waals surface area (Å²) in [4.78, 5) is 4.67. The number of rotatable bonds is 3. The molecule has 0 fully saturated rings. The van der Waals surface area contributed by atoms with Gasteiger partial charge in [-0.3, -0.25) is 0 Å². The molecule has 0 aliphatic carbocycles. The summed E-state index contributed by atoms with van der Waals surface area (Å²) in [5.41, 5.74) is -0.000869. The lowest BCUT2D eigenvalue weighted by Crippen LogP contribution is -2.27. The van der Waals surface area contributed by atoms with Crippen molar-refractivity contribution < 1.29 is 5.11 Å². The number of halogens is 3. The number of aromatic nitrogens is 1. The van der Waals surface area contributed by atoms with Crippen LogP contribution in [0.5, 0.6) is 0 Å². The summed E-state index contributed by atoms with van der Waals surface area (Å²) in [5.74, 6) is 0. The molecule has 1 aromatic heterocycles. The van der Waals surface area contributed by atoms with Crippen LogP contribution in [0.3, 0.4) is 0 Å². The highest BCUT2D eigenvalue weighted by molar-refractivity contribution is 7.15. The smallest absolute Gasteiger partial charge is 0.183 e. The van der Waals surface area contributed by atoms with Gasteiger partial charge in [0.25, 0.3) is 0 Å². The van der Waals surface area contributed by atoms with Crippen LogP contribution in [0.1, 0.15) is 16.0 Å². The summed E-state index contributed by atoms with van der Waals surface area (Å²) in [6.07, 6.45) is 1.58. The number of benzene rings is 2. The Bertz CT molecular complexity index is 738. The van der Waals surface area contributed by atoms with E-state index in [0.29, 0.717) is 30.5 Å². The van der Waals surface area contributed by atoms with Crippen molar-refractivity contribution in [1.29, 1.82) is 0 Å². The first-order valence-electron chi connectivity index (χ1n) is 6.36. The lowest BCUT2D eigenvalue weighted by molar-refractivity contribution is 0.129. The summed E-state index contributed by atoms with van der Waals surface area (Å²) < 4.78 is 0.372. The zero-order valence-electron chi connectivity index (χ0n) is 11.1. The standard InChI is InChI=1S/C16H10Cl3NOS/c17-12-5-1-10(2-6-12)16(21,14-9-20-15(19)22-14)11-3-7-13(18)8-4-11/h1-9,21H. The predicted molar refractivity (Wildman–Crippen MR) is 92.1 cm³/mol. The zero-order valence-corrected chi connectivity index (χ0v) is 14.2. The molecule has 2 aromatic carbocycles. The van der Waals surface area contributed by atoms with E-state index < -0.39 is 5.60 Å². The minimum Gasteiger partial charge on any atom is -0.375 e. The fourth-order valence-electron chi connectivity index (χ4n) is 2.25. The predicted octanol–water partition coefficient (Wildman–Crippen LogP) is 5.39. The van der Waals surface area contributed by atoms with E-state index >= 15 is 0 Å². The van der Waals surface area contributed by atoms with E-state index in [1.165, 1.54) is 11.3 Å². The highest BCUT2D eigenvalue weighted by atomic mass is 35.5. The first-order chi connectivity index (χ1) is 10.5. The molecule has 0 saturated heterocycles. The zero-order chi connectivity index (χ0) is 15.7. The topological polar surface area (TPSA) is 33.1 Å². The molecule has 0 unspecified atom stereocenters. The summed E-state index contributed by atoms with van der Waals surface area (Å²) in [6.45, 7) is 0. The second-order valence-electron chi connectivity index (χ2n) is 4.70. The molecule has 1 N–H and O–H groups in total. The van der Waals surface area contributed by atoms with Gasteiger partial charge in [0.15, 0.2) is 10.1 Å². The number of aliphatic hydroxyl groups is 1. The number of nitrogens with zero attached hydrogens (tertiary/aromatic N) is 1. The third kappa shape index (κ3) is 2.87. The van der Waals surface area contributed by atoms with Gasteiger partial charge in [-0.15, -0.1) is 11.3 Å². The number of thiazole rings is 1. The quantitative estimate of drug-likeness (QED) is 0.670. The van der Waals surface area contributed by atoms with E-state index in [1.54, 1.807) is 54.7 Å². The lowest BCUT2D eigenvalue weighted by atomic mass is 9.85. The molecule has 6 heteroatoms. The molecule has 0 bridgehead atoms. The second kappa shape index (κ2) is 6.19. The van der Waals surface area contributed by atoms with Crippen LogP contribution < -0.4 is 0 Å². The molecule has 2 nitrogen and oxygen atoms in total. The third-order valence-electron chi connectivity index (χ3n) is 3.36. The fourth-order valence-corrected chi connectivity index (χ4v) is 3.58. The highest BCUT2D eigenvalue weighted by Crippen LogP contribution is 2.40. The SMILES string of the molecule is OC(c1ccc(Cl)cc1)(c1ccc(Cl)cc1)c1cnc(Cl)s1. The van der Waals surface area contributed by atoms with Gasteiger partial charge in [0.1, 0.15) is 0 Å². The lowest BCUT2D eigenvalue weighted by Gasteiger charge is -2.28. The summed E-state index contributed by atoms with van der Waals surface area (Å²) in [7, 11) is 0. The summed E-state index contributed by atoms with van der Waals surface area (Å²) in [5, 5.41) is 12.6. The third-order valence-corrected chi connectivity index (χ3v) is 5.09. The number of hydrogen-bond acceptors (Lipinski definition) is 3. The maximum absolute atomic E-state index is 11.4. The van der Waals surface area contributed by atoms with Gasteiger partial charge in [-0.2, -0.15) is 0 Å². The summed E-state index contributed by atoms with van der Waals surface area (Å²) >= 11 is 19.1. The molecule has 0 radical (unpaired) electrons. The largest absolute Gasteiger partial charge is 0.375 e. The molecule has 0 amide bonds. The average molecular weight is 371 g/mol. The van der Waals surface area contributed by atoms with Crippen molar-refractivity contribution in [2.45, 2.75) is 5.60 Å². The van der Waals surface area contributed by atoms with Gasteiger partial charge in [-0.05, 0) is 35.4 Å². The van der Waals surface area contributed by atoms with Crippen molar-refractivity contribution in [1.82, 2.24) is 4.98 Å². The van der Waals surface area contributed by atoms with Crippen LogP contribution in [0, 0.1) is 0 Å². The molecular weight excluding hydrogens is 361 g/mol. The first kappa shape index (κ1) is 15.8. The van der Waals surface area contributed by atoms with Gasteiger partial charge in [0.05, 0.1) is 4.88 Å². The maximum atomic E-state index is 11.4. The van der Waals surface area contributed by atoms with Crippen LogP contribution in [-0.4, -0.2) is 10.1 Å². The van der Waals surface area contributed by atoms with Crippen LogP contribution in [0.25, 0.3) is 0 Å².